The highest BCUT2D eigenvalue weighted by atomic mass is 19.1. The van der Waals surface area contributed by atoms with Gasteiger partial charge in [-0.15, -0.1) is 0 Å². The molecular weight excluding hydrogens is 260 g/mol. The van der Waals surface area contributed by atoms with Crippen molar-refractivity contribution < 1.29 is 13.5 Å². The Bertz CT molecular complexity index is 424. The highest BCUT2D eigenvalue weighted by molar-refractivity contribution is 5.20. The number of nitrogens with one attached hydrogen (secondary N) is 1. The second-order valence-corrected chi connectivity index (χ2v) is 5.75. The van der Waals surface area contributed by atoms with Crippen molar-refractivity contribution in [2.45, 2.75) is 51.2 Å². The van der Waals surface area contributed by atoms with Crippen molar-refractivity contribution in [1.29, 1.82) is 0 Å². The third-order valence-corrected chi connectivity index (χ3v) is 3.99. The summed E-state index contributed by atoms with van der Waals surface area (Å²) in [6.45, 7) is 5.83. The zero-order chi connectivity index (χ0) is 14.6. The van der Waals surface area contributed by atoms with Gasteiger partial charge in [0, 0.05) is 18.7 Å². The van der Waals surface area contributed by atoms with Crippen molar-refractivity contribution in [1.82, 2.24) is 5.32 Å². The zero-order valence-corrected chi connectivity index (χ0v) is 12.2. The average Bonchev–Trinajstić information content (AvgIpc) is 2.81. The van der Waals surface area contributed by atoms with E-state index in [4.69, 9.17) is 4.74 Å². The van der Waals surface area contributed by atoms with Gasteiger partial charge in [-0.2, -0.15) is 0 Å². The molecular formula is C16H23F2NO. The number of ether oxygens (including phenoxy) is 1. The maximum absolute atomic E-state index is 13.3. The summed E-state index contributed by atoms with van der Waals surface area (Å²) in [6.07, 6.45) is 3.61. The van der Waals surface area contributed by atoms with Crippen LogP contribution in [-0.2, 0) is 11.2 Å². The van der Waals surface area contributed by atoms with Gasteiger partial charge in [0.2, 0.25) is 0 Å². The van der Waals surface area contributed by atoms with E-state index in [0.717, 1.165) is 38.5 Å². The summed E-state index contributed by atoms with van der Waals surface area (Å²) in [5.41, 5.74) is 0.422. The van der Waals surface area contributed by atoms with E-state index in [1.165, 1.54) is 12.1 Å². The van der Waals surface area contributed by atoms with Crippen molar-refractivity contribution in [2.24, 2.45) is 0 Å². The Morgan fingerprint density at radius 1 is 1.30 bits per heavy atom. The standard InChI is InChI=1S/C16H23F2NO/c1-3-6-19-15(16(2)5-4-7-20-16)10-12-8-13(17)11-14(18)9-12/h8-9,11,15,19H,3-7,10H2,1-2H3. The molecule has 2 rings (SSSR count). The van der Waals surface area contributed by atoms with Crippen LogP contribution in [0.15, 0.2) is 18.2 Å². The summed E-state index contributed by atoms with van der Waals surface area (Å²) in [4.78, 5) is 0. The molecule has 1 saturated heterocycles. The van der Waals surface area contributed by atoms with Crippen LogP contribution in [0.3, 0.4) is 0 Å². The first-order chi connectivity index (χ1) is 9.53. The van der Waals surface area contributed by atoms with E-state index in [-0.39, 0.29) is 11.6 Å². The molecule has 1 N–H and O–H groups in total. The highest BCUT2D eigenvalue weighted by Crippen LogP contribution is 2.30. The average molecular weight is 283 g/mol. The number of rotatable bonds is 6. The van der Waals surface area contributed by atoms with Crippen LogP contribution in [0.1, 0.15) is 38.7 Å². The molecule has 1 aliphatic rings. The van der Waals surface area contributed by atoms with Gasteiger partial charge < -0.3 is 10.1 Å². The maximum atomic E-state index is 13.3. The predicted octanol–water partition coefficient (Wildman–Crippen LogP) is 3.44. The topological polar surface area (TPSA) is 21.3 Å². The fraction of sp³-hybridized carbons (Fsp3) is 0.625. The number of hydrogen-bond acceptors (Lipinski definition) is 2. The second-order valence-electron chi connectivity index (χ2n) is 5.75. The molecule has 1 fully saturated rings. The summed E-state index contributed by atoms with van der Waals surface area (Å²) in [5, 5.41) is 3.47. The van der Waals surface area contributed by atoms with Crippen LogP contribution in [0.4, 0.5) is 8.78 Å². The van der Waals surface area contributed by atoms with Gasteiger partial charge in [0.25, 0.3) is 0 Å². The van der Waals surface area contributed by atoms with Crippen LogP contribution in [0.25, 0.3) is 0 Å². The fourth-order valence-electron chi connectivity index (χ4n) is 2.86. The number of hydrogen-bond donors (Lipinski definition) is 1. The maximum Gasteiger partial charge on any atom is 0.126 e. The molecule has 112 valence electrons. The molecule has 2 unspecified atom stereocenters. The molecule has 0 spiro atoms. The molecule has 20 heavy (non-hydrogen) atoms. The second kappa shape index (κ2) is 6.64. The Labute approximate surface area is 119 Å². The number of halogens is 2. The molecule has 0 bridgehead atoms. The van der Waals surface area contributed by atoms with Gasteiger partial charge in [0.1, 0.15) is 11.6 Å². The molecule has 1 aromatic carbocycles. The van der Waals surface area contributed by atoms with Crippen LogP contribution in [-0.4, -0.2) is 24.8 Å². The Morgan fingerprint density at radius 2 is 2.00 bits per heavy atom. The lowest BCUT2D eigenvalue weighted by Gasteiger charge is -2.34. The van der Waals surface area contributed by atoms with Crippen LogP contribution in [0.2, 0.25) is 0 Å². The van der Waals surface area contributed by atoms with Gasteiger partial charge in [-0.25, -0.2) is 8.78 Å². The summed E-state index contributed by atoms with van der Waals surface area (Å²) in [6, 6.07) is 3.79. The molecule has 0 radical (unpaired) electrons. The zero-order valence-electron chi connectivity index (χ0n) is 12.2. The Hall–Kier alpha value is -1.00. The van der Waals surface area contributed by atoms with Gasteiger partial charge in [0.15, 0.2) is 0 Å². The van der Waals surface area contributed by atoms with Crippen molar-refractivity contribution in [2.75, 3.05) is 13.2 Å². The minimum atomic E-state index is -0.522. The molecule has 1 aromatic rings. The first kappa shape index (κ1) is 15.4. The van der Waals surface area contributed by atoms with Gasteiger partial charge in [-0.1, -0.05) is 6.92 Å². The van der Waals surface area contributed by atoms with Crippen LogP contribution >= 0.6 is 0 Å². The lowest BCUT2D eigenvalue weighted by Crippen LogP contribution is -2.50. The lowest BCUT2D eigenvalue weighted by atomic mass is 9.88. The fourth-order valence-corrected chi connectivity index (χ4v) is 2.86. The smallest absolute Gasteiger partial charge is 0.126 e. The van der Waals surface area contributed by atoms with Gasteiger partial charge in [-0.3, -0.25) is 0 Å². The van der Waals surface area contributed by atoms with Gasteiger partial charge in [-0.05, 0) is 56.8 Å². The summed E-state index contributed by atoms with van der Waals surface area (Å²) >= 11 is 0. The highest BCUT2D eigenvalue weighted by Gasteiger charge is 2.38. The largest absolute Gasteiger partial charge is 0.374 e. The summed E-state index contributed by atoms with van der Waals surface area (Å²) < 4.78 is 32.5. The van der Waals surface area contributed by atoms with Crippen molar-refractivity contribution in [3.8, 4) is 0 Å². The van der Waals surface area contributed by atoms with Gasteiger partial charge >= 0.3 is 0 Å². The van der Waals surface area contributed by atoms with Crippen LogP contribution in [0.5, 0.6) is 0 Å². The normalized spacial score (nSPS) is 24.0. The first-order valence-corrected chi connectivity index (χ1v) is 7.36. The molecule has 1 heterocycles. The monoisotopic (exact) mass is 283 g/mol. The lowest BCUT2D eigenvalue weighted by molar-refractivity contribution is -0.0114. The molecule has 0 aromatic heterocycles. The van der Waals surface area contributed by atoms with E-state index in [1.54, 1.807) is 0 Å². The minimum absolute atomic E-state index is 0.0751. The Morgan fingerprint density at radius 3 is 2.55 bits per heavy atom. The molecule has 2 atom stereocenters. The molecule has 0 saturated carbocycles. The molecule has 1 aliphatic heterocycles. The predicted molar refractivity (Wildman–Crippen MR) is 75.7 cm³/mol. The van der Waals surface area contributed by atoms with Crippen LogP contribution in [0, 0.1) is 11.6 Å². The molecule has 2 nitrogen and oxygen atoms in total. The van der Waals surface area contributed by atoms with E-state index in [0.29, 0.717) is 12.0 Å². The molecule has 4 heteroatoms. The minimum Gasteiger partial charge on any atom is -0.374 e. The van der Waals surface area contributed by atoms with Crippen molar-refractivity contribution in [3.63, 3.8) is 0 Å². The Kier molecular flexibility index (Phi) is 5.11. The first-order valence-electron chi connectivity index (χ1n) is 7.36. The van der Waals surface area contributed by atoms with E-state index in [1.807, 2.05) is 0 Å². The van der Waals surface area contributed by atoms with E-state index in [2.05, 4.69) is 19.2 Å². The number of benzene rings is 1. The van der Waals surface area contributed by atoms with Crippen molar-refractivity contribution in [3.05, 3.63) is 35.4 Å². The van der Waals surface area contributed by atoms with Crippen molar-refractivity contribution >= 4 is 0 Å². The third-order valence-electron chi connectivity index (χ3n) is 3.99. The molecule has 0 aliphatic carbocycles. The quantitative estimate of drug-likeness (QED) is 0.863. The van der Waals surface area contributed by atoms with Gasteiger partial charge in [0.05, 0.1) is 5.60 Å². The molecule has 0 amide bonds. The van der Waals surface area contributed by atoms with E-state index >= 15 is 0 Å². The van der Waals surface area contributed by atoms with E-state index in [9.17, 15) is 8.78 Å². The summed E-state index contributed by atoms with van der Waals surface area (Å²) in [7, 11) is 0. The SMILES string of the molecule is CCCNC(Cc1cc(F)cc(F)c1)C1(C)CCCO1. The van der Waals surface area contributed by atoms with E-state index < -0.39 is 11.6 Å². The van der Waals surface area contributed by atoms with Crippen LogP contribution < -0.4 is 5.32 Å². The Balaban J connectivity index is 2.14. The summed E-state index contributed by atoms with van der Waals surface area (Å²) in [5.74, 6) is -1.04. The third kappa shape index (κ3) is 3.76.